The lowest BCUT2D eigenvalue weighted by atomic mass is 9.94. The summed E-state index contributed by atoms with van der Waals surface area (Å²) in [5, 5.41) is 6.51. The van der Waals surface area contributed by atoms with Gasteiger partial charge in [0.15, 0.2) is 0 Å². The van der Waals surface area contributed by atoms with Crippen LogP contribution in [0.3, 0.4) is 0 Å². The van der Waals surface area contributed by atoms with E-state index in [0.717, 1.165) is 0 Å². The van der Waals surface area contributed by atoms with Crippen LogP contribution in [-0.4, -0.2) is 84.6 Å². The van der Waals surface area contributed by atoms with E-state index in [2.05, 4.69) is 22.1 Å². The molecule has 196 valence electrons. The van der Waals surface area contributed by atoms with Crippen molar-refractivity contribution in [3.63, 3.8) is 0 Å². The molecular weight excluding hydrogens is 505 g/mol. The highest BCUT2D eigenvalue weighted by atomic mass is 35.5. The number of benzene rings is 1. The first-order valence-electron chi connectivity index (χ1n) is 12.0. The number of hydrogen-bond acceptors (Lipinski definition) is 5. The first-order valence-corrected chi connectivity index (χ1v) is 12.7. The highest BCUT2D eigenvalue weighted by Gasteiger charge is 2.39. The number of hydrogen-bond donors (Lipinski definition) is 2. The van der Waals surface area contributed by atoms with Gasteiger partial charge in [-0.25, -0.2) is 14.4 Å². The minimum absolute atomic E-state index is 0.0549. The molecule has 36 heavy (non-hydrogen) atoms. The third-order valence-electron chi connectivity index (χ3n) is 5.97. The average molecular weight is 538 g/mol. The van der Waals surface area contributed by atoms with E-state index in [0.29, 0.717) is 59.6 Å². The van der Waals surface area contributed by atoms with Gasteiger partial charge in [-0.2, -0.15) is 0 Å². The third kappa shape index (κ3) is 6.52. The Bertz CT molecular complexity index is 1040. The van der Waals surface area contributed by atoms with Gasteiger partial charge >= 0.3 is 18.0 Å². The minimum Gasteiger partial charge on any atom is -0.463 e. The standard InChI is InChI=1S/C25H33Cl2N5O4/c1-5-9-32-20(15-30-10-12-31(13-11-30)24(34)28-16(3)4)21(23(33)36-6-2)22(29-25(32)35)17-7-8-18(26)19(27)14-17/h5,7-8,14,16,22H,1,6,9-13,15H2,2-4H3,(H,28,34)(H,29,35)/t22-/m0/s1. The Balaban J connectivity index is 1.96. The number of nitrogens with one attached hydrogen (secondary N) is 2. The van der Waals surface area contributed by atoms with Crippen molar-refractivity contribution in [2.45, 2.75) is 32.9 Å². The fraction of sp³-hybridized carbons (Fsp3) is 0.480. The number of rotatable bonds is 8. The van der Waals surface area contributed by atoms with Gasteiger partial charge in [0.1, 0.15) is 0 Å². The number of halogens is 2. The van der Waals surface area contributed by atoms with Gasteiger partial charge in [0.05, 0.1) is 28.3 Å². The Morgan fingerprint density at radius 2 is 1.92 bits per heavy atom. The molecule has 11 heteroatoms. The van der Waals surface area contributed by atoms with Crippen LogP contribution in [0.25, 0.3) is 0 Å². The van der Waals surface area contributed by atoms with Crippen molar-refractivity contribution < 1.29 is 19.1 Å². The molecule has 2 N–H and O–H groups in total. The largest absolute Gasteiger partial charge is 0.463 e. The summed E-state index contributed by atoms with van der Waals surface area (Å²) in [4.78, 5) is 44.2. The molecule has 0 aliphatic carbocycles. The fourth-order valence-electron chi connectivity index (χ4n) is 4.25. The van der Waals surface area contributed by atoms with E-state index in [1.165, 1.54) is 4.90 Å². The minimum atomic E-state index is -0.763. The Morgan fingerprint density at radius 1 is 1.22 bits per heavy atom. The normalized spacial score (nSPS) is 18.8. The van der Waals surface area contributed by atoms with Crippen LogP contribution in [0, 0.1) is 0 Å². The maximum absolute atomic E-state index is 13.3. The molecule has 1 aromatic carbocycles. The van der Waals surface area contributed by atoms with Crippen LogP contribution in [0.1, 0.15) is 32.4 Å². The van der Waals surface area contributed by atoms with Crippen molar-refractivity contribution >= 4 is 41.2 Å². The molecule has 0 aromatic heterocycles. The van der Waals surface area contributed by atoms with Crippen LogP contribution in [0.4, 0.5) is 9.59 Å². The van der Waals surface area contributed by atoms with E-state index >= 15 is 0 Å². The summed E-state index contributed by atoms with van der Waals surface area (Å²) in [7, 11) is 0. The zero-order chi connectivity index (χ0) is 26.4. The highest BCUT2D eigenvalue weighted by Crippen LogP contribution is 2.35. The van der Waals surface area contributed by atoms with Crippen LogP contribution >= 0.6 is 23.2 Å². The summed E-state index contributed by atoms with van der Waals surface area (Å²) in [6, 6.07) is 3.84. The van der Waals surface area contributed by atoms with Crippen LogP contribution < -0.4 is 10.6 Å². The average Bonchev–Trinajstić information content (AvgIpc) is 2.83. The van der Waals surface area contributed by atoms with Crippen molar-refractivity contribution in [3.8, 4) is 0 Å². The summed E-state index contributed by atoms with van der Waals surface area (Å²) < 4.78 is 5.41. The third-order valence-corrected chi connectivity index (χ3v) is 6.71. The number of urea groups is 2. The number of carbonyl (C=O) groups is 3. The molecule has 0 bridgehead atoms. The van der Waals surface area contributed by atoms with Gasteiger partial charge in [-0.05, 0) is 38.5 Å². The first-order chi connectivity index (χ1) is 17.2. The maximum Gasteiger partial charge on any atom is 0.338 e. The molecule has 2 heterocycles. The van der Waals surface area contributed by atoms with E-state index in [-0.39, 0.29) is 31.3 Å². The zero-order valence-electron chi connectivity index (χ0n) is 20.9. The topological polar surface area (TPSA) is 94.2 Å². The van der Waals surface area contributed by atoms with Crippen molar-refractivity contribution in [1.82, 2.24) is 25.3 Å². The Kier molecular flexibility index (Phi) is 9.64. The van der Waals surface area contributed by atoms with Crippen molar-refractivity contribution in [3.05, 3.63) is 57.7 Å². The molecule has 1 saturated heterocycles. The second kappa shape index (κ2) is 12.5. The number of piperazine rings is 1. The van der Waals surface area contributed by atoms with Crippen LogP contribution in [0.2, 0.25) is 10.0 Å². The Labute approximate surface area is 222 Å². The van der Waals surface area contributed by atoms with Gasteiger partial charge in [-0.15, -0.1) is 6.58 Å². The molecule has 1 aromatic rings. The molecule has 0 unspecified atom stereocenters. The van der Waals surface area contributed by atoms with Crippen LogP contribution in [0.5, 0.6) is 0 Å². The van der Waals surface area contributed by atoms with Gasteiger partial charge in [0, 0.05) is 51.0 Å². The quantitative estimate of drug-likeness (QED) is 0.388. The number of ether oxygens (including phenoxy) is 1. The molecular formula is C25H33Cl2N5O4. The summed E-state index contributed by atoms with van der Waals surface area (Å²) in [5.74, 6) is -0.521. The summed E-state index contributed by atoms with van der Waals surface area (Å²) in [5.41, 5.74) is 1.48. The number of nitrogens with zero attached hydrogens (tertiary/aromatic N) is 3. The van der Waals surface area contributed by atoms with Crippen LogP contribution in [-0.2, 0) is 9.53 Å². The molecule has 4 amide bonds. The molecule has 0 spiro atoms. The lowest BCUT2D eigenvalue weighted by Gasteiger charge is -2.40. The molecule has 9 nitrogen and oxygen atoms in total. The van der Waals surface area contributed by atoms with Crippen molar-refractivity contribution in [2.24, 2.45) is 0 Å². The van der Waals surface area contributed by atoms with Gasteiger partial charge in [-0.3, -0.25) is 9.80 Å². The van der Waals surface area contributed by atoms with E-state index in [1.807, 2.05) is 13.8 Å². The molecule has 0 saturated carbocycles. The predicted molar refractivity (Wildman–Crippen MR) is 140 cm³/mol. The summed E-state index contributed by atoms with van der Waals surface area (Å²) >= 11 is 12.4. The fourth-order valence-corrected chi connectivity index (χ4v) is 4.55. The molecule has 1 fully saturated rings. The van der Waals surface area contributed by atoms with Crippen LogP contribution in [0.15, 0.2) is 42.1 Å². The SMILES string of the molecule is C=CCN1C(=O)N[C@@H](c2ccc(Cl)c(Cl)c2)C(C(=O)OCC)=C1CN1CCN(C(=O)NC(C)C)CC1. The first kappa shape index (κ1) is 27.8. The lowest BCUT2D eigenvalue weighted by Crippen LogP contribution is -2.55. The zero-order valence-corrected chi connectivity index (χ0v) is 22.4. The second-order valence-corrected chi connectivity index (χ2v) is 9.72. The van der Waals surface area contributed by atoms with E-state index in [9.17, 15) is 14.4 Å². The van der Waals surface area contributed by atoms with Gasteiger partial charge in [0.25, 0.3) is 0 Å². The van der Waals surface area contributed by atoms with Gasteiger partial charge in [-0.1, -0.05) is 35.3 Å². The van der Waals surface area contributed by atoms with Crippen molar-refractivity contribution in [1.29, 1.82) is 0 Å². The number of esters is 1. The van der Waals surface area contributed by atoms with Gasteiger partial charge < -0.3 is 20.3 Å². The predicted octanol–water partition coefficient (Wildman–Crippen LogP) is 3.80. The van der Waals surface area contributed by atoms with E-state index in [4.69, 9.17) is 27.9 Å². The van der Waals surface area contributed by atoms with E-state index in [1.54, 1.807) is 36.1 Å². The van der Waals surface area contributed by atoms with Crippen molar-refractivity contribution in [2.75, 3.05) is 45.9 Å². The summed E-state index contributed by atoms with van der Waals surface area (Å²) in [6.07, 6.45) is 1.61. The molecule has 2 aliphatic rings. The Hall–Kier alpha value is -2.75. The monoisotopic (exact) mass is 537 g/mol. The molecule has 3 rings (SSSR count). The molecule has 1 atom stereocenters. The van der Waals surface area contributed by atoms with E-state index < -0.39 is 12.0 Å². The smallest absolute Gasteiger partial charge is 0.338 e. The number of amides is 4. The second-order valence-electron chi connectivity index (χ2n) is 8.90. The molecule has 0 radical (unpaired) electrons. The lowest BCUT2D eigenvalue weighted by molar-refractivity contribution is -0.139. The molecule has 2 aliphatic heterocycles. The highest BCUT2D eigenvalue weighted by molar-refractivity contribution is 6.42. The maximum atomic E-state index is 13.3. The Morgan fingerprint density at radius 3 is 2.50 bits per heavy atom. The van der Waals surface area contributed by atoms with Gasteiger partial charge in [0.2, 0.25) is 0 Å². The summed E-state index contributed by atoms with van der Waals surface area (Å²) in [6.45, 7) is 12.3. The number of carbonyl (C=O) groups excluding carboxylic acids is 3.